The number of benzene rings is 2. The SMILES string of the molecule is COC(=O)[C@H](CC(C)C)NC(=O)[C@@H](C)N1C(=O)c2ccccc2[C@@H]1c1c[nH]c2ccccc12. The third kappa shape index (κ3) is 4.11. The topological polar surface area (TPSA) is 91.5 Å². The summed E-state index contributed by atoms with van der Waals surface area (Å²) >= 11 is 0. The summed E-state index contributed by atoms with van der Waals surface area (Å²) in [5, 5.41) is 3.81. The molecule has 1 aromatic heterocycles. The normalized spacial score (nSPS) is 17.2. The summed E-state index contributed by atoms with van der Waals surface area (Å²) in [6.45, 7) is 5.64. The largest absolute Gasteiger partial charge is 0.467 e. The Hall–Kier alpha value is -3.61. The Morgan fingerprint density at radius 1 is 1.06 bits per heavy atom. The van der Waals surface area contributed by atoms with Crippen molar-refractivity contribution in [3.8, 4) is 0 Å². The zero-order chi connectivity index (χ0) is 23.7. The molecule has 4 rings (SSSR count). The Morgan fingerprint density at radius 2 is 1.76 bits per heavy atom. The van der Waals surface area contributed by atoms with Crippen molar-refractivity contribution in [3.63, 3.8) is 0 Å². The van der Waals surface area contributed by atoms with Crippen molar-refractivity contribution in [2.75, 3.05) is 7.11 Å². The molecule has 172 valence electrons. The molecule has 7 heteroatoms. The van der Waals surface area contributed by atoms with Crippen LogP contribution >= 0.6 is 0 Å². The number of aromatic amines is 1. The molecule has 2 heterocycles. The average molecular weight is 448 g/mol. The molecule has 0 saturated heterocycles. The van der Waals surface area contributed by atoms with Crippen molar-refractivity contribution in [2.24, 2.45) is 5.92 Å². The van der Waals surface area contributed by atoms with E-state index in [1.165, 1.54) is 7.11 Å². The van der Waals surface area contributed by atoms with Crippen LogP contribution in [0.3, 0.4) is 0 Å². The summed E-state index contributed by atoms with van der Waals surface area (Å²) < 4.78 is 4.88. The molecule has 33 heavy (non-hydrogen) atoms. The number of rotatable bonds is 7. The van der Waals surface area contributed by atoms with Gasteiger partial charge < -0.3 is 19.9 Å². The van der Waals surface area contributed by atoms with Crippen LogP contribution in [0.15, 0.2) is 54.7 Å². The number of hydrogen-bond donors (Lipinski definition) is 2. The number of ether oxygens (including phenoxy) is 1. The Bertz CT molecular complexity index is 1200. The molecule has 0 bridgehead atoms. The molecule has 0 unspecified atom stereocenters. The van der Waals surface area contributed by atoms with Crippen LogP contribution in [0.2, 0.25) is 0 Å². The summed E-state index contributed by atoms with van der Waals surface area (Å²) in [5.74, 6) is -0.908. The van der Waals surface area contributed by atoms with E-state index < -0.39 is 30.0 Å². The molecule has 0 spiro atoms. The summed E-state index contributed by atoms with van der Waals surface area (Å²) in [6.07, 6.45) is 2.35. The summed E-state index contributed by atoms with van der Waals surface area (Å²) in [7, 11) is 1.30. The second-order valence-corrected chi connectivity index (χ2v) is 8.88. The molecule has 2 aromatic carbocycles. The highest BCUT2D eigenvalue weighted by Gasteiger charge is 2.43. The van der Waals surface area contributed by atoms with Crippen molar-refractivity contribution in [1.29, 1.82) is 0 Å². The molecular weight excluding hydrogens is 418 g/mol. The standard InChI is InChI=1S/C26H29N3O4/c1-15(2)13-22(26(32)33-4)28-24(30)16(3)29-23(18-10-5-6-11-19(18)25(29)31)20-14-27-21-12-8-7-9-17(20)21/h5-12,14-16,22-23,27H,13H2,1-4H3,(H,28,30)/t16-,22+,23-/m1/s1. The number of esters is 1. The number of methoxy groups -OCH3 is 1. The van der Waals surface area contributed by atoms with Gasteiger partial charge in [-0.05, 0) is 37.0 Å². The number of H-pyrrole nitrogens is 1. The van der Waals surface area contributed by atoms with E-state index in [2.05, 4.69) is 10.3 Å². The maximum Gasteiger partial charge on any atom is 0.328 e. The second-order valence-electron chi connectivity index (χ2n) is 8.88. The highest BCUT2D eigenvalue weighted by Crippen LogP contribution is 2.42. The van der Waals surface area contributed by atoms with E-state index in [0.29, 0.717) is 12.0 Å². The van der Waals surface area contributed by atoms with Gasteiger partial charge in [-0.15, -0.1) is 0 Å². The fourth-order valence-corrected chi connectivity index (χ4v) is 4.62. The first-order valence-corrected chi connectivity index (χ1v) is 11.2. The van der Waals surface area contributed by atoms with E-state index in [-0.39, 0.29) is 11.8 Å². The Kier molecular flexibility index (Phi) is 6.22. The van der Waals surface area contributed by atoms with Crippen molar-refractivity contribution >= 4 is 28.7 Å². The van der Waals surface area contributed by atoms with Crippen LogP contribution < -0.4 is 5.32 Å². The number of nitrogens with one attached hydrogen (secondary N) is 2. The predicted octanol–water partition coefficient (Wildman–Crippen LogP) is 3.81. The van der Waals surface area contributed by atoms with Gasteiger partial charge in [-0.1, -0.05) is 50.2 Å². The molecule has 1 aliphatic rings. The summed E-state index contributed by atoms with van der Waals surface area (Å²) in [6, 6.07) is 13.3. The first-order chi connectivity index (χ1) is 15.8. The monoisotopic (exact) mass is 447 g/mol. The minimum Gasteiger partial charge on any atom is -0.467 e. The molecule has 0 saturated carbocycles. The van der Waals surface area contributed by atoms with Gasteiger partial charge >= 0.3 is 5.97 Å². The number of nitrogens with zero attached hydrogens (tertiary/aromatic N) is 1. The lowest BCUT2D eigenvalue weighted by Gasteiger charge is -2.31. The number of carbonyl (C=O) groups excluding carboxylic acids is 3. The van der Waals surface area contributed by atoms with Gasteiger partial charge in [-0.2, -0.15) is 0 Å². The van der Waals surface area contributed by atoms with Crippen LogP contribution in [0, 0.1) is 5.92 Å². The van der Waals surface area contributed by atoms with E-state index in [9.17, 15) is 14.4 Å². The molecule has 1 aliphatic heterocycles. The van der Waals surface area contributed by atoms with Gasteiger partial charge in [0.25, 0.3) is 5.91 Å². The van der Waals surface area contributed by atoms with Crippen LogP contribution in [0.4, 0.5) is 0 Å². The Morgan fingerprint density at radius 3 is 2.48 bits per heavy atom. The molecule has 2 amide bonds. The first kappa shape index (κ1) is 22.6. The van der Waals surface area contributed by atoms with Crippen molar-refractivity contribution in [1.82, 2.24) is 15.2 Å². The van der Waals surface area contributed by atoms with Crippen LogP contribution in [0.25, 0.3) is 10.9 Å². The van der Waals surface area contributed by atoms with Crippen LogP contribution in [0.5, 0.6) is 0 Å². The van der Waals surface area contributed by atoms with E-state index >= 15 is 0 Å². The zero-order valence-corrected chi connectivity index (χ0v) is 19.3. The van der Waals surface area contributed by atoms with Gasteiger partial charge in [0.05, 0.1) is 13.2 Å². The van der Waals surface area contributed by atoms with Crippen molar-refractivity contribution < 1.29 is 19.1 Å². The quantitative estimate of drug-likeness (QED) is 0.539. The van der Waals surface area contributed by atoms with Gasteiger partial charge in [0.15, 0.2) is 0 Å². The zero-order valence-electron chi connectivity index (χ0n) is 19.3. The van der Waals surface area contributed by atoms with E-state index in [0.717, 1.165) is 22.0 Å². The molecule has 7 nitrogen and oxygen atoms in total. The number of fused-ring (bicyclic) bond motifs is 2. The fourth-order valence-electron chi connectivity index (χ4n) is 4.62. The number of aromatic nitrogens is 1. The third-order valence-corrected chi connectivity index (χ3v) is 6.22. The molecule has 0 fully saturated rings. The summed E-state index contributed by atoms with van der Waals surface area (Å²) in [4.78, 5) is 43.9. The third-order valence-electron chi connectivity index (χ3n) is 6.22. The lowest BCUT2D eigenvalue weighted by Crippen LogP contribution is -2.52. The smallest absolute Gasteiger partial charge is 0.328 e. The number of amides is 2. The van der Waals surface area contributed by atoms with Crippen LogP contribution in [-0.4, -0.2) is 46.9 Å². The number of para-hydroxylation sites is 1. The average Bonchev–Trinajstić information content (AvgIpc) is 3.36. The maximum absolute atomic E-state index is 13.5. The molecule has 0 radical (unpaired) electrons. The van der Waals surface area contributed by atoms with Crippen molar-refractivity contribution in [3.05, 3.63) is 71.4 Å². The van der Waals surface area contributed by atoms with E-state index in [4.69, 9.17) is 4.74 Å². The number of hydrogen-bond acceptors (Lipinski definition) is 4. The highest BCUT2D eigenvalue weighted by molar-refractivity contribution is 6.03. The fraction of sp³-hybridized carbons (Fsp3) is 0.346. The first-order valence-electron chi connectivity index (χ1n) is 11.2. The van der Waals surface area contributed by atoms with E-state index in [1.54, 1.807) is 17.9 Å². The maximum atomic E-state index is 13.5. The lowest BCUT2D eigenvalue weighted by molar-refractivity contribution is -0.146. The Balaban J connectivity index is 1.71. The molecule has 3 aromatic rings. The predicted molar refractivity (Wildman–Crippen MR) is 126 cm³/mol. The molecule has 2 N–H and O–H groups in total. The molecular formula is C26H29N3O4. The van der Waals surface area contributed by atoms with Crippen molar-refractivity contribution in [2.45, 2.75) is 45.3 Å². The lowest BCUT2D eigenvalue weighted by atomic mass is 9.97. The highest BCUT2D eigenvalue weighted by atomic mass is 16.5. The number of carbonyl (C=O) groups is 3. The Labute approximate surface area is 193 Å². The minimum absolute atomic E-state index is 0.182. The minimum atomic E-state index is -0.803. The molecule has 3 atom stereocenters. The second kappa shape index (κ2) is 9.10. The van der Waals surface area contributed by atoms with Gasteiger partial charge in [0, 0.05) is 28.2 Å². The van der Waals surface area contributed by atoms with Gasteiger partial charge in [-0.25, -0.2) is 4.79 Å². The summed E-state index contributed by atoms with van der Waals surface area (Å²) in [5.41, 5.74) is 3.33. The molecule has 0 aliphatic carbocycles. The van der Waals surface area contributed by atoms with Crippen LogP contribution in [-0.2, 0) is 14.3 Å². The van der Waals surface area contributed by atoms with E-state index in [1.807, 2.05) is 62.5 Å². The van der Waals surface area contributed by atoms with Crippen LogP contribution in [0.1, 0.15) is 54.7 Å². The van der Waals surface area contributed by atoms with Gasteiger partial charge in [0.2, 0.25) is 5.91 Å². The van der Waals surface area contributed by atoms with Gasteiger partial charge in [0.1, 0.15) is 12.1 Å². The van der Waals surface area contributed by atoms with Gasteiger partial charge in [-0.3, -0.25) is 9.59 Å².